The molecule has 2 aliphatic heterocycles. The van der Waals surface area contributed by atoms with Gasteiger partial charge in [0.15, 0.2) is 11.5 Å². The molecule has 2 aliphatic rings. The van der Waals surface area contributed by atoms with Gasteiger partial charge in [-0.05, 0) is 62.4 Å². The third kappa shape index (κ3) is 7.99. The number of unbranched alkanes of at least 4 members (excludes halogenated alkanes) is 3. The molecule has 1 unspecified atom stereocenters. The topological polar surface area (TPSA) is 62.8 Å². The maximum absolute atomic E-state index is 6.00. The van der Waals surface area contributed by atoms with Crippen LogP contribution in [0.1, 0.15) is 76.7 Å². The Morgan fingerprint density at radius 3 is 2.64 bits per heavy atom. The number of benzene rings is 1. The van der Waals surface area contributed by atoms with E-state index in [1.54, 1.807) is 7.11 Å². The van der Waals surface area contributed by atoms with Crippen LogP contribution in [-0.2, 0) is 6.54 Å². The molecule has 2 fully saturated rings. The number of ether oxygens (including phenoxy) is 2. The average Bonchev–Trinajstić information content (AvgIpc) is 3.19. The Kier molecular flexibility index (Phi) is 10.5. The second-order valence-corrected chi connectivity index (χ2v) is 10.3. The fourth-order valence-corrected chi connectivity index (χ4v) is 5.29. The second-order valence-electron chi connectivity index (χ2n) is 10.3. The van der Waals surface area contributed by atoms with Crippen molar-refractivity contribution in [1.82, 2.24) is 14.9 Å². The van der Waals surface area contributed by atoms with Gasteiger partial charge in [-0.3, -0.25) is 4.90 Å². The summed E-state index contributed by atoms with van der Waals surface area (Å²) in [6, 6.07) is 8.78. The van der Waals surface area contributed by atoms with E-state index in [4.69, 9.17) is 14.5 Å². The van der Waals surface area contributed by atoms with Gasteiger partial charge in [-0.25, -0.2) is 4.98 Å². The number of hydrogen-bond acceptors (Lipinski definition) is 7. The smallest absolute Gasteiger partial charge is 0.224 e. The van der Waals surface area contributed by atoms with Gasteiger partial charge in [0, 0.05) is 38.4 Å². The van der Waals surface area contributed by atoms with Crippen LogP contribution in [0.5, 0.6) is 11.5 Å². The largest absolute Gasteiger partial charge is 0.493 e. The minimum atomic E-state index is 0.353. The average molecular weight is 496 g/mol. The van der Waals surface area contributed by atoms with E-state index < -0.39 is 0 Å². The van der Waals surface area contributed by atoms with Crippen molar-refractivity contribution in [2.24, 2.45) is 0 Å². The Labute approximate surface area is 217 Å². The zero-order valence-corrected chi connectivity index (χ0v) is 22.4. The van der Waals surface area contributed by atoms with E-state index >= 15 is 0 Å². The summed E-state index contributed by atoms with van der Waals surface area (Å²) in [7, 11) is 1.73. The van der Waals surface area contributed by atoms with Gasteiger partial charge in [-0.2, -0.15) is 4.98 Å². The minimum absolute atomic E-state index is 0.353. The van der Waals surface area contributed by atoms with Crippen LogP contribution in [0.15, 0.2) is 30.5 Å². The molecule has 1 aromatic heterocycles. The lowest BCUT2D eigenvalue weighted by molar-refractivity contribution is 0.208. The molecule has 2 aromatic rings. The molecule has 4 rings (SSSR count). The summed E-state index contributed by atoms with van der Waals surface area (Å²) in [6.45, 7) is 8.15. The summed E-state index contributed by atoms with van der Waals surface area (Å²) in [5.74, 6) is 3.48. The number of likely N-dealkylation sites (tertiary alicyclic amines) is 1. The third-order valence-corrected chi connectivity index (χ3v) is 7.30. The van der Waals surface area contributed by atoms with Crippen molar-refractivity contribution >= 4 is 11.8 Å². The van der Waals surface area contributed by atoms with Crippen LogP contribution in [-0.4, -0.2) is 60.8 Å². The molecular weight excluding hydrogens is 450 g/mol. The summed E-state index contributed by atoms with van der Waals surface area (Å²) in [6.07, 6.45) is 14.2. The normalized spacial score (nSPS) is 19.1. The molecule has 0 spiro atoms. The molecular formula is C29H45N5O2. The van der Waals surface area contributed by atoms with Gasteiger partial charge < -0.3 is 19.7 Å². The highest BCUT2D eigenvalue weighted by atomic mass is 16.5. The quantitative estimate of drug-likeness (QED) is 0.368. The molecule has 1 aromatic carbocycles. The predicted molar refractivity (Wildman–Crippen MR) is 147 cm³/mol. The fourth-order valence-electron chi connectivity index (χ4n) is 5.29. The number of hydrogen-bond donors (Lipinski definition) is 1. The minimum Gasteiger partial charge on any atom is -0.493 e. The van der Waals surface area contributed by atoms with E-state index in [1.807, 2.05) is 6.20 Å². The summed E-state index contributed by atoms with van der Waals surface area (Å²) >= 11 is 0. The highest BCUT2D eigenvalue weighted by Gasteiger charge is 2.22. The van der Waals surface area contributed by atoms with Crippen molar-refractivity contribution in [3.8, 4) is 11.5 Å². The van der Waals surface area contributed by atoms with Gasteiger partial charge in [-0.1, -0.05) is 45.1 Å². The number of nitrogens with zero attached hydrogens (tertiary/aromatic N) is 4. The molecule has 198 valence electrons. The standard InChI is InChI=1S/C29H45N5O2/c1-3-4-5-10-20-36-26-14-13-24(21-27(26)35-2)22-33-17-11-12-25(23-33)31-29-30-16-15-28(32-29)34-18-8-6-7-9-19-34/h13-16,21,25H,3-12,17-20,22-23H2,1-2H3,(H,30,31,32). The number of methoxy groups -OCH3 is 1. The van der Waals surface area contributed by atoms with E-state index in [-0.39, 0.29) is 0 Å². The monoisotopic (exact) mass is 495 g/mol. The van der Waals surface area contributed by atoms with Crippen molar-refractivity contribution in [2.45, 2.75) is 83.7 Å². The Bertz CT molecular complexity index is 916. The molecule has 7 nitrogen and oxygen atoms in total. The Balaban J connectivity index is 1.30. The van der Waals surface area contributed by atoms with E-state index in [1.165, 1.54) is 56.9 Å². The lowest BCUT2D eigenvalue weighted by Gasteiger charge is -2.33. The molecule has 36 heavy (non-hydrogen) atoms. The van der Waals surface area contributed by atoms with Crippen molar-refractivity contribution in [2.75, 3.05) is 50.1 Å². The number of piperidine rings is 1. The number of aromatic nitrogens is 2. The number of nitrogens with one attached hydrogen (secondary N) is 1. The van der Waals surface area contributed by atoms with Crippen LogP contribution in [0, 0.1) is 0 Å². The maximum atomic E-state index is 6.00. The van der Waals surface area contributed by atoms with Crippen LogP contribution in [0.3, 0.4) is 0 Å². The first-order valence-corrected chi connectivity index (χ1v) is 14.1. The van der Waals surface area contributed by atoms with Crippen molar-refractivity contribution in [3.05, 3.63) is 36.0 Å². The van der Waals surface area contributed by atoms with Crippen LogP contribution in [0.25, 0.3) is 0 Å². The van der Waals surface area contributed by atoms with E-state index in [9.17, 15) is 0 Å². The second kappa shape index (κ2) is 14.3. The van der Waals surface area contributed by atoms with Crippen LogP contribution in [0.4, 0.5) is 11.8 Å². The molecule has 7 heteroatoms. The van der Waals surface area contributed by atoms with Crippen molar-refractivity contribution in [3.63, 3.8) is 0 Å². The van der Waals surface area contributed by atoms with Crippen LogP contribution < -0.4 is 19.7 Å². The highest BCUT2D eigenvalue weighted by Crippen LogP contribution is 2.29. The zero-order chi connectivity index (χ0) is 25.0. The Hall–Kier alpha value is -2.54. The maximum Gasteiger partial charge on any atom is 0.224 e. The first kappa shape index (κ1) is 26.5. The first-order valence-electron chi connectivity index (χ1n) is 14.1. The lowest BCUT2D eigenvalue weighted by Crippen LogP contribution is -2.42. The summed E-state index contributed by atoms with van der Waals surface area (Å²) in [5, 5.41) is 3.63. The van der Waals surface area contributed by atoms with E-state index in [0.29, 0.717) is 6.04 Å². The van der Waals surface area contributed by atoms with Gasteiger partial charge in [-0.15, -0.1) is 0 Å². The van der Waals surface area contributed by atoms with Crippen molar-refractivity contribution in [1.29, 1.82) is 0 Å². The molecule has 0 radical (unpaired) electrons. The van der Waals surface area contributed by atoms with Gasteiger partial charge in [0.2, 0.25) is 5.95 Å². The highest BCUT2D eigenvalue weighted by molar-refractivity contribution is 5.44. The zero-order valence-electron chi connectivity index (χ0n) is 22.4. The van der Waals surface area contributed by atoms with Gasteiger partial charge in [0.25, 0.3) is 0 Å². The number of anilines is 2. The molecule has 3 heterocycles. The SMILES string of the molecule is CCCCCCOc1ccc(CN2CCCC(Nc3nccc(N4CCCCCC4)n3)C2)cc1OC. The van der Waals surface area contributed by atoms with Crippen LogP contribution >= 0.6 is 0 Å². The summed E-state index contributed by atoms with van der Waals surface area (Å²) in [4.78, 5) is 14.3. The third-order valence-electron chi connectivity index (χ3n) is 7.30. The lowest BCUT2D eigenvalue weighted by atomic mass is 10.0. The van der Waals surface area contributed by atoms with Gasteiger partial charge in [0.05, 0.1) is 13.7 Å². The molecule has 0 bridgehead atoms. The molecule has 2 saturated heterocycles. The van der Waals surface area contributed by atoms with Crippen molar-refractivity contribution < 1.29 is 9.47 Å². The Morgan fingerprint density at radius 1 is 0.972 bits per heavy atom. The molecule has 0 amide bonds. The van der Waals surface area contributed by atoms with Gasteiger partial charge >= 0.3 is 0 Å². The first-order chi connectivity index (χ1) is 17.7. The van der Waals surface area contributed by atoms with Gasteiger partial charge in [0.1, 0.15) is 5.82 Å². The molecule has 0 aliphatic carbocycles. The molecule has 0 saturated carbocycles. The number of rotatable bonds is 12. The summed E-state index contributed by atoms with van der Waals surface area (Å²) < 4.78 is 11.6. The predicted octanol–water partition coefficient (Wildman–Crippen LogP) is 5.90. The molecule has 1 N–H and O–H groups in total. The Morgan fingerprint density at radius 2 is 1.83 bits per heavy atom. The van der Waals surface area contributed by atoms with Crippen LogP contribution in [0.2, 0.25) is 0 Å². The fraction of sp³-hybridized carbons (Fsp3) is 0.655. The van der Waals surface area contributed by atoms with E-state index in [2.05, 4.69) is 51.3 Å². The molecule has 1 atom stereocenters. The summed E-state index contributed by atoms with van der Waals surface area (Å²) in [5.41, 5.74) is 1.25. The van der Waals surface area contributed by atoms with E-state index in [0.717, 1.165) is 75.4 Å².